The second kappa shape index (κ2) is 10.3. The van der Waals surface area contributed by atoms with E-state index in [0.717, 1.165) is 21.5 Å². The molecule has 37 heavy (non-hydrogen) atoms. The lowest BCUT2D eigenvalue weighted by Gasteiger charge is -2.18. The standard InChI is InChI=1S/C30H26N2O4S/c1-2-28(36-29-16-8-12-22-10-4-6-14-26(22)29)30(33)31-23-17-19-24(20-18-23)37(34,35)32-27-15-7-11-21-9-3-5-13-25(21)27/h3-20,28,32H,2H2,1H3,(H,31,33)/t28-/m0/s1. The molecule has 0 spiro atoms. The summed E-state index contributed by atoms with van der Waals surface area (Å²) in [6, 6.07) is 32.7. The van der Waals surface area contributed by atoms with Crippen molar-refractivity contribution in [1.82, 2.24) is 0 Å². The van der Waals surface area contributed by atoms with Gasteiger partial charge in [0, 0.05) is 16.5 Å². The van der Waals surface area contributed by atoms with Gasteiger partial charge in [-0.05, 0) is 53.6 Å². The molecule has 0 aromatic heterocycles. The number of hydrogen-bond acceptors (Lipinski definition) is 4. The first-order valence-corrected chi connectivity index (χ1v) is 13.5. The molecule has 0 saturated carbocycles. The summed E-state index contributed by atoms with van der Waals surface area (Å²) < 4.78 is 34.8. The molecule has 0 unspecified atom stereocenters. The number of ether oxygens (including phenoxy) is 1. The SMILES string of the molecule is CC[C@H](Oc1cccc2ccccc12)C(=O)Nc1ccc(S(=O)(=O)Nc2cccc3ccccc23)cc1. The fourth-order valence-corrected chi connectivity index (χ4v) is 5.31. The number of fused-ring (bicyclic) bond motifs is 2. The predicted octanol–water partition coefficient (Wildman–Crippen LogP) is 6.59. The molecule has 0 bridgehead atoms. The molecule has 1 amide bonds. The summed E-state index contributed by atoms with van der Waals surface area (Å²) >= 11 is 0. The molecule has 0 aliphatic carbocycles. The van der Waals surface area contributed by atoms with Gasteiger partial charge in [0.05, 0.1) is 10.6 Å². The van der Waals surface area contributed by atoms with E-state index in [4.69, 9.17) is 4.74 Å². The Hall–Kier alpha value is -4.36. The third-order valence-electron chi connectivity index (χ3n) is 6.15. The third-order valence-corrected chi connectivity index (χ3v) is 7.53. The summed E-state index contributed by atoms with van der Waals surface area (Å²) in [6.07, 6.45) is -0.238. The summed E-state index contributed by atoms with van der Waals surface area (Å²) in [7, 11) is -3.82. The van der Waals surface area contributed by atoms with Crippen LogP contribution in [0.3, 0.4) is 0 Å². The molecule has 0 fully saturated rings. The van der Waals surface area contributed by atoms with Crippen molar-refractivity contribution in [2.24, 2.45) is 0 Å². The Morgan fingerprint density at radius 2 is 1.35 bits per heavy atom. The summed E-state index contributed by atoms with van der Waals surface area (Å²) in [6.45, 7) is 1.88. The summed E-state index contributed by atoms with van der Waals surface area (Å²) in [5, 5.41) is 6.56. The predicted molar refractivity (Wildman–Crippen MR) is 148 cm³/mol. The lowest BCUT2D eigenvalue weighted by atomic mass is 10.1. The first-order valence-electron chi connectivity index (χ1n) is 12.0. The zero-order chi connectivity index (χ0) is 25.8. The van der Waals surface area contributed by atoms with Crippen LogP contribution >= 0.6 is 0 Å². The van der Waals surface area contributed by atoms with Crippen molar-refractivity contribution in [1.29, 1.82) is 0 Å². The molecule has 186 valence electrons. The van der Waals surface area contributed by atoms with Gasteiger partial charge in [-0.25, -0.2) is 8.42 Å². The molecule has 0 aliphatic heterocycles. The van der Waals surface area contributed by atoms with Gasteiger partial charge < -0.3 is 10.1 Å². The van der Waals surface area contributed by atoms with Gasteiger partial charge in [0.15, 0.2) is 6.10 Å². The van der Waals surface area contributed by atoms with Crippen molar-refractivity contribution in [3.05, 3.63) is 109 Å². The van der Waals surface area contributed by atoms with Crippen LogP contribution in [0.25, 0.3) is 21.5 Å². The van der Waals surface area contributed by atoms with Crippen LogP contribution in [-0.2, 0) is 14.8 Å². The van der Waals surface area contributed by atoms with E-state index in [1.807, 2.05) is 85.8 Å². The first kappa shape index (κ1) is 24.3. The van der Waals surface area contributed by atoms with E-state index in [9.17, 15) is 13.2 Å². The highest BCUT2D eigenvalue weighted by Gasteiger charge is 2.20. The average Bonchev–Trinajstić information content (AvgIpc) is 2.92. The number of benzene rings is 5. The Morgan fingerprint density at radius 3 is 2.05 bits per heavy atom. The van der Waals surface area contributed by atoms with Gasteiger partial charge in [0.2, 0.25) is 0 Å². The van der Waals surface area contributed by atoms with Gasteiger partial charge in [0.1, 0.15) is 5.75 Å². The Bertz CT molecular complexity index is 1670. The van der Waals surface area contributed by atoms with E-state index in [-0.39, 0.29) is 10.8 Å². The molecule has 0 heterocycles. The lowest BCUT2D eigenvalue weighted by molar-refractivity contribution is -0.122. The van der Waals surface area contributed by atoms with Gasteiger partial charge in [0.25, 0.3) is 15.9 Å². The number of amides is 1. The van der Waals surface area contributed by atoms with E-state index >= 15 is 0 Å². The summed E-state index contributed by atoms with van der Waals surface area (Å²) in [5.41, 5.74) is 0.987. The molecule has 6 nitrogen and oxygen atoms in total. The molecule has 5 aromatic carbocycles. The molecule has 5 aromatic rings. The number of anilines is 2. The van der Waals surface area contributed by atoms with Crippen LogP contribution in [0.2, 0.25) is 0 Å². The first-order chi connectivity index (χ1) is 17.9. The van der Waals surface area contributed by atoms with Gasteiger partial charge in [-0.2, -0.15) is 0 Å². The summed E-state index contributed by atoms with van der Waals surface area (Å²) in [5.74, 6) is 0.334. The van der Waals surface area contributed by atoms with E-state index in [2.05, 4.69) is 10.0 Å². The van der Waals surface area contributed by atoms with E-state index < -0.39 is 16.1 Å². The zero-order valence-electron chi connectivity index (χ0n) is 20.2. The van der Waals surface area contributed by atoms with Crippen LogP contribution in [-0.4, -0.2) is 20.4 Å². The Balaban J connectivity index is 1.29. The molecule has 7 heteroatoms. The second-order valence-electron chi connectivity index (χ2n) is 8.64. The van der Waals surface area contributed by atoms with Crippen LogP contribution < -0.4 is 14.8 Å². The van der Waals surface area contributed by atoms with Crippen molar-refractivity contribution >= 4 is 48.9 Å². The number of hydrogen-bond donors (Lipinski definition) is 2. The summed E-state index contributed by atoms with van der Waals surface area (Å²) in [4.78, 5) is 13.1. The second-order valence-corrected chi connectivity index (χ2v) is 10.3. The largest absolute Gasteiger partial charge is 0.480 e. The molecule has 2 N–H and O–H groups in total. The quantitative estimate of drug-likeness (QED) is 0.247. The minimum Gasteiger partial charge on any atom is -0.480 e. The maximum absolute atomic E-state index is 13.0. The monoisotopic (exact) mass is 510 g/mol. The van der Waals surface area contributed by atoms with Crippen LogP contribution in [0.4, 0.5) is 11.4 Å². The normalized spacial score (nSPS) is 12.2. The van der Waals surface area contributed by atoms with Crippen molar-refractivity contribution in [2.45, 2.75) is 24.3 Å². The Kier molecular flexibility index (Phi) is 6.79. The molecule has 0 radical (unpaired) electrons. The van der Waals surface area contributed by atoms with E-state index in [0.29, 0.717) is 23.5 Å². The average molecular weight is 511 g/mol. The van der Waals surface area contributed by atoms with Crippen LogP contribution in [0.1, 0.15) is 13.3 Å². The number of rotatable bonds is 8. The minimum atomic E-state index is -3.82. The maximum atomic E-state index is 13.0. The van der Waals surface area contributed by atoms with Crippen molar-refractivity contribution in [2.75, 3.05) is 10.0 Å². The Morgan fingerprint density at radius 1 is 0.757 bits per heavy atom. The molecular formula is C30H26N2O4S. The third kappa shape index (κ3) is 5.27. The van der Waals surface area contributed by atoms with Crippen molar-refractivity contribution in [3.8, 4) is 5.75 Å². The van der Waals surface area contributed by atoms with Gasteiger partial charge in [-0.1, -0.05) is 79.7 Å². The topological polar surface area (TPSA) is 84.5 Å². The fraction of sp³-hybridized carbons (Fsp3) is 0.100. The number of sulfonamides is 1. The van der Waals surface area contributed by atoms with Crippen LogP contribution in [0.15, 0.2) is 114 Å². The number of carbonyl (C=O) groups excluding carboxylic acids is 1. The maximum Gasteiger partial charge on any atom is 0.265 e. The molecule has 1 atom stereocenters. The minimum absolute atomic E-state index is 0.0949. The highest BCUT2D eigenvalue weighted by molar-refractivity contribution is 7.92. The fourth-order valence-electron chi connectivity index (χ4n) is 4.23. The van der Waals surface area contributed by atoms with Crippen LogP contribution in [0.5, 0.6) is 5.75 Å². The van der Waals surface area contributed by atoms with Crippen molar-refractivity contribution in [3.63, 3.8) is 0 Å². The zero-order valence-corrected chi connectivity index (χ0v) is 21.0. The highest BCUT2D eigenvalue weighted by Crippen LogP contribution is 2.28. The Labute approximate surface area is 216 Å². The van der Waals surface area contributed by atoms with E-state index in [1.54, 1.807) is 18.2 Å². The number of carbonyl (C=O) groups is 1. The molecule has 0 saturated heterocycles. The molecule has 5 rings (SSSR count). The van der Waals surface area contributed by atoms with Gasteiger partial charge >= 0.3 is 0 Å². The van der Waals surface area contributed by atoms with Gasteiger partial charge in [-0.3, -0.25) is 9.52 Å². The lowest BCUT2D eigenvalue weighted by Crippen LogP contribution is -2.32. The molecule has 0 aliphatic rings. The van der Waals surface area contributed by atoms with Gasteiger partial charge in [-0.15, -0.1) is 0 Å². The van der Waals surface area contributed by atoms with Crippen LogP contribution in [0, 0.1) is 0 Å². The smallest absolute Gasteiger partial charge is 0.265 e. The number of nitrogens with one attached hydrogen (secondary N) is 2. The molecular weight excluding hydrogens is 484 g/mol. The highest BCUT2D eigenvalue weighted by atomic mass is 32.2. The van der Waals surface area contributed by atoms with E-state index in [1.165, 1.54) is 12.1 Å². The van der Waals surface area contributed by atoms with Crippen molar-refractivity contribution < 1.29 is 17.9 Å².